The molecule has 7 heteroatoms. The van der Waals surface area contributed by atoms with Crippen molar-refractivity contribution >= 4 is 11.9 Å². The average Bonchev–Trinajstić information content (AvgIpc) is 3.11. The lowest BCUT2D eigenvalue weighted by Gasteiger charge is -2.35. The summed E-state index contributed by atoms with van der Waals surface area (Å²) in [5.41, 5.74) is -0.106. The fourth-order valence-electron chi connectivity index (χ4n) is 3.69. The minimum atomic E-state index is -0.583. The molecule has 0 bridgehead atoms. The highest BCUT2D eigenvalue weighted by molar-refractivity contribution is 5.84. The third kappa shape index (κ3) is 6.34. The van der Waals surface area contributed by atoms with Gasteiger partial charge in [-0.25, -0.2) is 4.98 Å². The van der Waals surface area contributed by atoms with Crippen molar-refractivity contribution in [3.05, 3.63) is 47.7 Å². The van der Waals surface area contributed by atoms with Crippen molar-refractivity contribution in [2.24, 2.45) is 11.3 Å². The zero-order valence-electron chi connectivity index (χ0n) is 19.9. The summed E-state index contributed by atoms with van der Waals surface area (Å²) < 4.78 is 17.1. The van der Waals surface area contributed by atoms with Gasteiger partial charge in [-0.3, -0.25) is 9.59 Å². The number of fused-ring (bicyclic) bond motifs is 1. The summed E-state index contributed by atoms with van der Waals surface area (Å²) >= 11 is 0. The first kappa shape index (κ1) is 23.8. The second kappa shape index (κ2) is 9.35. The molecule has 0 saturated carbocycles. The molecule has 0 radical (unpaired) electrons. The van der Waals surface area contributed by atoms with Crippen molar-refractivity contribution in [2.75, 3.05) is 6.54 Å². The molecule has 0 N–H and O–H groups in total. The summed E-state index contributed by atoms with van der Waals surface area (Å²) in [6.07, 6.45) is 0.661. The molecule has 0 unspecified atom stereocenters. The Morgan fingerprint density at radius 2 is 1.81 bits per heavy atom. The van der Waals surface area contributed by atoms with Gasteiger partial charge in [0.2, 0.25) is 11.8 Å². The predicted molar refractivity (Wildman–Crippen MR) is 120 cm³/mol. The van der Waals surface area contributed by atoms with Crippen molar-refractivity contribution in [1.29, 1.82) is 0 Å². The van der Waals surface area contributed by atoms with Crippen LogP contribution in [0, 0.1) is 11.3 Å². The van der Waals surface area contributed by atoms with Crippen LogP contribution < -0.4 is 4.74 Å². The second-order valence-electron chi connectivity index (χ2n) is 10.3. The Hall–Kier alpha value is -2.83. The molecular formula is C25H34N2O5. The number of amides is 1. The molecule has 0 spiro atoms. The Morgan fingerprint density at radius 1 is 1.12 bits per heavy atom. The molecule has 32 heavy (non-hydrogen) atoms. The van der Waals surface area contributed by atoms with E-state index in [9.17, 15) is 9.59 Å². The predicted octanol–water partition coefficient (Wildman–Crippen LogP) is 4.53. The van der Waals surface area contributed by atoms with Gasteiger partial charge in [0.25, 0.3) is 0 Å². The molecule has 0 aliphatic carbocycles. The van der Waals surface area contributed by atoms with Crippen LogP contribution in [0.5, 0.6) is 5.75 Å². The van der Waals surface area contributed by atoms with Crippen LogP contribution in [0.2, 0.25) is 0 Å². The third-order valence-corrected chi connectivity index (χ3v) is 5.33. The third-order valence-electron chi connectivity index (χ3n) is 5.33. The number of esters is 1. The number of oxazole rings is 1. The average molecular weight is 443 g/mol. The first-order valence-corrected chi connectivity index (χ1v) is 11.1. The van der Waals surface area contributed by atoms with Gasteiger partial charge in [0.1, 0.15) is 17.1 Å². The van der Waals surface area contributed by atoms with Gasteiger partial charge in [-0.1, -0.05) is 39.0 Å². The van der Waals surface area contributed by atoms with Crippen LogP contribution in [-0.2, 0) is 33.9 Å². The van der Waals surface area contributed by atoms with Crippen LogP contribution >= 0.6 is 0 Å². The molecule has 174 valence electrons. The summed E-state index contributed by atoms with van der Waals surface area (Å²) in [5.74, 6) is 1.02. The first-order chi connectivity index (χ1) is 14.9. The number of hydrogen-bond acceptors (Lipinski definition) is 6. The van der Waals surface area contributed by atoms with E-state index < -0.39 is 11.5 Å². The molecule has 1 aliphatic heterocycles. The fourth-order valence-corrected chi connectivity index (χ4v) is 3.69. The zero-order chi connectivity index (χ0) is 23.5. The second-order valence-corrected chi connectivity index (χ2v) is 10.3. The number of aromatic nitrogens is 1. The van der Waals surface area contributed by atoms with Crippen LogP contribution in [0.3, 0.4) is 0 Å². The quantitative estimate of drug-likeness (QED) is 0.611. The SMILES string of the molecule is CC(C)(C)OC(=O)C[C@@H](C(=O)N1CCc2nc(COc3ccccc3)oc2C1)C(C)(C)C. The molecule has 1 aliphatic rings. The maximum atomic E-state index is 13.4. The molecule has 1 aromatic heterocycles. The van der Waals surface area contributed by atoms with Crippen LogP contribution in [0.25, 0.3) is 0 Å². The normalized spacial score (nSPS) is 15.1. The molecule has 7 nitrogen and oxygen atoms in total. The number of carbonyl (C=O) groups excluding carboxylic acids is 2. The number of rotatable bonds is 6. The largest absolute Gasteiger partial charge is 0.484 e. The summed E-state index contributed by atoms with van der Waals surface area (Å²) in [6.45, 7) is 12.5. The van der Waals surface area contributed by atoms with E-state index in [2.05, 4.69) is 4.98 Å². The van der Waals surface area contributed by atoms with E-state index in [-0.39, 0.29) is 30.3 Å². The Balaban J connectivity index is 1.66. The number of hydrogen-bond donors (Lipinski definition) is 0. The van der Waals surface area contributed by atoms with Crippen LogP contribution in [0.1, 0.15) is 65.3 Å². The number of para-hydroxylation sites is 1. The zero-order valence-corrected chi connectivity index (χ0v) is 19.9. The van der Waals surface area contributed by atoms with E-state index in [1.165, 1.54) is 0 Å². The monoisotopic (exact) mass is 442 g/mol. The van der Waals surface area contributed by atoms with Gasteiger partial charge in [-0.15, -0.1) is 0 Å². The molecule has 1 amide bonds. The topological polar surface area (TPSA) is 81.9 Å². The van der Waals surface area contributed by atoms with Gasteiger partial charge >= 0.3 is 5.97 Å². The summed E-state index contributed by atoms with van der Waals surface area (Å²) in [5, 5.41) is 0. The van der Waals surface area contributed by atoms with Crippen molar-refractivity contribution in [1.82, 2.24) is 9.88 Å². The van der Waals surface area contributed by atoms with E-state index in [1.54, 1.807) is 4.90 Å². The van der Waals surface area contributed by atoms with Crippen molar-refractivity contribution in [3.8, 4) is 5.75 Å². The molecule has 1 aromatic carbocycles. The van der Waals surface area contributed by atoms with Gasteiger partial charge in [-0.05, 0) is 38.3 Å². The highest BCUT2D eigenvalue weighted by Crippen LogP contribution is 2.33. The summed E-state index contributed by atoms with van der Waals surface area (Å²) in [7, 11) is 0. The van der Waals surface area contributed by atoms with Crippen molar-refractivity contribution in [3.63, 3.8) is 0 Å². The van der Waals surface area contributed by atoms with Crippen LogP contribution in [0.15, 0.2) is 34.7 Å². The van der Waals surface area contributed by atoms with Gasteiger partial charge in [0.15, 0.2) is 6.61 Å². The number of nitrogens with zero attached hydrogens (tertiary/aromatic N) is 2. The van der Waals surface area contributed by atoms with Crippen LogP contribution in [-0.4, -0.2) is 33.9 Å². The Kier molecular flexibility index (Phi) is 6.96. The fraction of sp³-hybridized carbons (Fsp3) is 0.560. The van der Waals surface area contributed by atoms with E-state index in [1.807, 2.05) is 71.9 Å². The number of ether oxygens (including phenoxy) is 2. The van der Waals surface area contributed by atoms with Crippen LogP contribution in [0.4, 0.5) is 0 Å². The Bertz CT molecular complexity index is 937. The Labute approximate surface area is 190 Å². The van der Waals surface area contributed by atoms with Gasteiger partial charge in [0.05, 0.1) is 24.6 Å². The molecule has 1 atom stereocenters. The van der Waals surface area contributed by atoms with Gasteiger partial charge in [-0.2, -0.15) is 0 Å². The maximum Gasteiger partial charge on any atom is 0.307 e. The van der Waals surface area contributed by atoms with Crippen molar-refractivity contribution < 1.29 is 23.5 Å². The standard InChI is InChI=1S/C25H34N2O5/c1-24(2,3)18(14-22(28)32-25(4,5)6)23(29)27-13-12-19-20(15-27)31-21(26-19)16-30-17-10-8-7-9-11-17/h7-11,18H,12-16H2,1-6H3/t18-/m0/s1. The summed E-state index contributed by atoms with van der Waals surface area (Å²) in [4.78, 5) is 32.2. The summed E-state index contributed by atoms with van der Waals surface area (Å²) in [6, 6.07) is 9.49. The highest BCUT2D eigenvalue weighted by atomic mass is 16.6. The van der Waals surface area contributed by atoms with Gasteiger partial charge < -0.3 is 18.8 Å². The van der Waals surface area contributed by atoms with E-state index in [4.69, 9.17) is 13.9 Å². The van der Waals surface area contributed by atoms with E-state index in [0.29, 0.717) is 31.2 Å². The number of carbonyl (C=O) groups is 2. The minimum absolute atomic E-state index is 0.0511. The molecular weight excluding hydrogens is 408 g/mol. The highest BCUT2D eigenvalue weighted by Gasteiger charge is 2.38. The maximum absolute atomic E-state index is 13.4. The Morgan fingerprint density at radius 3 is 2.44 bits per heavy atom. The smallest absolute Gasteiger partial charge is 0.307 e. The molecule has 2 aromatic rings. The van der Waals surface area contributed by atoms with E-state index in [0.717, 1.165) is 11.4 Å². The van der Waals surface area contributed by atoms with E-state index >= 15 is 0 Å². The lowest BCUT2D eigenvalue weighted by atomic mass is 9.77. The lowest BCUT2D eigenvalue weighted by Crippen LogP contribution is -2.44. The lowest BCUT2D eigenvalue weighted by molar-refractivity contribution is -0.160. The van der Waals surface area contributed by atoms with Gasteiger partial charge in [0, 0.05) is 13.0 Å². The first-order valence-electron chi connectivity index (χ1n) is 11.1. The minimum Gasteiger partial charge on any atom is -0.484 e. The van der Waals surface area contributed by atoms with Crippen molar-refractivity contribution in [2.45, 2.75) is 73.1 Å². The molecule has 0 saturated heterocycles. The molecule has 2 heterocycles. The number of benzene rings is 1. The molecule has 0 fully saturated rings. The molecule has 3 rings (SSSR count).